The van der Waals surface area contributed by atoms with Gasteiger partial charge in [-0.1, -0.05) is 38.5 Å². The number of carbonyl (C=O) groups is 2. The van der Waals surface area contributed by atoms with Crippen molar-refractivity contribution in [2.75, 3.05) is 5.32 Å². The Hall–Kier alpha value is -1.87. The van der Waals surface area contributed by atoms with E-state index >= 15 is 0 Å². The molecule has 4 rings (SSSR count). The second kappa shape index (κ2) is 9.51. The first kappa shape index (κ1) is 21.4. The fourth-order valence-corrected chi connectivity index (χ4v) is 7.29. The molecule has 2 saturated carbocycles. The predicted octanol–water partition coefficient (Wildman–Crippen LogP) is 5.52. The van der Waals surface area contributed by atoms with Gasteiger partial charge in [0.15, 0.2) is 0 Å². The van der Waals surface area contributed by atoms with Crippen LogP contribution in [0.25, 0.3) is 0 Å². The molecule has 1 heterocycles. The molecule has 1 aromatic heterocycles. The summed E-state index contributed by atoms with van der Waals surface area (Å²) in [6.07, 6.45) is 14.3. The van der Waals surface area contributed by atoms with E-state index in [1.165, 1.54) is 43.4 Å². The Morgan fingerprint density at radius 2 is 1.53 bits per heavy atom. The van der Waals surface area contributed by atoms with Crippen LogP contribution in [0, 0.1) is 35.0 Å². The van der Waals surface area contributed by atoms with Crippen molar-refractivity contribution in [3.63, 3.8) is 0 Å². The maximum atomic E-state index is 13.2. The summed E-state index contributed by atoms with van der Waals surface area (Å²) < 4.78 is 0. The topological polar surface area (TPSA) is 90.2 Å². The predicted molar refractivity (Wildman–Crippen MR) is 117 cm³/mol. The molecule has 5 nitrogen and oxygen atoms in total. The van der Waals surface area contributed by atoms with Gasteiger partial charge in [0, 0.05) is 4.88 Å². The highest BCUT2D eigenvalue weighted by molar-refractivity contribution is 7.16. The van der Waals surface area contributed by atoms with Gasteiger partial charge < -0.3 is 10.4 Å². The Labute approximate surface area is 182 Å². The van der Waals surface area contributed by atoms with E-state index in [-0.39, 0.29) is 17.7 Å². The van der Waals surface area contributed by atoms with Crippen molar-refractivity contribution in [1.29, 1.82) is 5.26 Å². The quantitative estimate of drug-likeness (QED) is 0.663. The van der Waals surface area contributed by atoms with Crippen LogP contribution in [0.4, 0.5) is 5.00 Å². The van der Waals surface area contributed by atoms with E-state index in [1.807, 2.05) is 0 Å². The van der Waals surface area contributed by atoms with Gasteiger partial charge >= 0.3 is 5.97 Å². The summed E-state index contributed by atoms with van der Waals surface area (Å²) in [6, 6.07) is 2.36. The number of amides is 1. The number of rotatable bonds is 3. The SMILES string of the molecule is N#Cc1c(NC(=O)[C@H]2[C@H]3CC[C@@H](C3)[C@@H]2C(=O)O)sc2c1CCCCCCCCCC2. The van der Waals surface area contributed by atoms with E-state index in [1.54, 1.807) is 11.3 Å². The molecule has 3 aliphatic rings. The molecule has 30 heavy (non-hydrogen) atoms. The average Bonchev–Trinajstić information content (AvgIpc) is 3.41. The van der Waals surface area contributed by atoms with Crippen LogP contribution in [0.5, 0.6) is 0 Å². The van der Waals surface area contributed by atoms with Crippen LogP contribution in [-0.2, 0) is 22.4 Å². The third-order valence-electron chi connectivity index (χ3n) is 7.52. The highest BCUT2D eigenvalue weighted by Gasteiger charge is 2.54. The van der Waals surface area contributed by atoms with Gasteiger partial charge in [0.1, 0.15) is 11.1 Å². The number of aliphatic carboxylic acids is 1. The number of anilines is 1. The minimum atomic E-state index is -0.846. The molecule has 0 radical (unpaired) electrons. The van der Waals surface area contributed by atoms with Crippen LogP contribution in [0.1, 0.15) is 86.6 Å². The maximum Gasteiger partial charge on any atom is 0.307 e. The van der Waals surface area contributed by atoms with Crippen molar-refractivity contribution in [3.05, 3.63) is 16.0 Å². The van der Waals surface area contributed by atoms with Crippen molar-refractivity contribution in [3.8, 4) is 6.07 Å². The minimum absolute atomic E-state index is 0.127. The second-order valence-electron chi connectivity index (χ2n) is 9.36. The number of hydrogen-bond acceptors (Lipinski definition) is 4. The molecule has 2 bridgehead atoms. The number of nitriles is 1. The molecular weight excluding hydrogens is 396 g/mol. The van der Waals surface area contributed by atoms with Crippen LogP contribution >= 0.6 is 11.3 Å². The Balaban J connectivity index is 1.55. The molecule has 0 unspecified atom stereocenters. The van der Waals surface area contributed by atoms with Crippen molar-refractivity contribution in [1.82, 2.24) is 0 Å². The third kappa shape index (κ3) is 4.27. The molecule has 0 aliphatic heterocycles. The molecule has 162 valence electrons. The Kier molecular flexibility index (Phi) is 6.77. The lowest BCUT2D eigenvalue weighted by Crippen LogP contribution is -2.37. The van der Waals surface area contributed by atoms with E-state index in [0.717, 1.165) is 50.5 Å². The zero-order chi connectivity index (χ0) is 21.1. The van der Waals surface area contributed by atoms with Gasteiger partial charge in [0.05, 0.1) is 17.4 Å². The minimum Gasteiger partial charge on any atom is -0.481 e. The van der Waals surface area contributed by atoms with Gasteiger partial charge in [-0.3, -0.25) is 9.59 Å². The molecule has 4 atom stereocenters. The molecule has 1 amide bonds. The Morgan fingerprint density at radius 3 is 2.17 bits per heavy atom. The van der Waals surface area contributed by atoms with E-state index in [2.05, 4.69) is 11.4 Å². The number of carboxylic acid groups (broad SMARTS) is 1. The summed E-state index contributed by atoms with van der Waals surface area (Å²) in [6.45, 7) is 0. The molecule has 0 saturated heterocycles. The van der Waals surface area contributed by atoms with Crippen LogP contribution < -0.4 is 5.32 Å². The number of nitrogens with one attached hydrogen (secondary N) is 1. The summed E-state index contributed by atoms with van der Waals surface area (Å²) >= 11 is 1.55. The molecule has 6 heteroatoms. The van der Waals surface area contributed by atoms with Gasteiger partial charge in [-0.25, -0.2) is 0 Å². The van der Waals surface area contributed by atoms with Crippen LogP contribution in [0.2, 0.25) is 0 Å². The van der Waals surface area contributed by atoms with Crippen molar-refractivity contribution < 1.29 is 14.7 Å². The van der Waals surface area contributed by atoms with Gasteiger partial charge in [-0.2, -0.15) is 5.26 Å². The third-order valence-corrected chi connectivity index (χ3v) is 8.73. The average molecular weight is 429 g/mol. The van der Waals surface area contributed by atoms with E-state index in [9.17, 15) is 20.0 Å². The first-order valence-corrected chi connectivity index (χ1v) is 12.5. The monoisotopic (exact) mass is 428 g/mol. The summed E-state index contributed by atoms with van der Waals surface area (Å²) in [5.41, 5.74) is 1.75. The largest absolute Gasteiger partial charge is 0.481 e. The van der Waals surface area contributed by atoms with Crippen molar-refractivity contribution in [2.45, 2.75) is 83.5 Å². The first-order valence-electron chi connectivity index (χ1n) is 11.7. The molecular formula is C24H32N2O3S. The van der Waals surface area contributed by atoms with Gasteiger partial charge in [0.25, 0.3) is 0 Å². The van der Waals surface area contributed by atoms with Gasteiger partial charge in [-0.15, -0.1) is 11.3 Å². The van der Waals surface area contributed by atoms with Crippen molar-refractivity contribution >= 4 is 28.2 Å². The zero-order valence-electron chi connectivity index (χ0n) is 17.6. The number of nitrogens with zero attached hydrogens (tertiary/aromatic N) is 1. The molecule has 3 aliphatic carbocycles. The highest BCUT2D eigenvalue weighted by atomic mass is 32.1. The summed E-state index contributed by atoms with van der Waals surface area (Å²) in [7, 11) is 0. The second-order valence-corrected chi connectivity index (χ2v) is 10.5. The first-order chi connectivity index (χ1) is 14.6. The maximum absolute atomic E-state index is 13.2. The number of fused-ring (bicyclic) bond motifs is 3. The van der Waals surface area contributed by atoms with Crippen LogP contribution in [-0.4, -0.2) is 17.0 Å². The number of carboxylic acids is 1. The normalized spacial score (nSPS) is 29.3. The smallest absolute Gasteiger partial charge is 0.307 e. The van der Waals surface area contributed by atoms with Crippen LogP contribution in [0.15, 0.2) is 0 Å². The van der Waals surface area contributed by atoms with E-state index in [4.69, 9.17) is 0 Å². The molecule has 1 aromatic rings. The van der Waals surface area contributed by atoms with Gasteiger partial charge in [-0.05, 0) is 62.3 Å². The summed E-state index contributed by atoms with van der Waals surface area (Å²) in [5.74, 6) is -1.78. The van der Waals surface area contributed by atoms with Gasteiger partial charge in [0.2, 0.25) is 5.91 Å². The number of carbonyl (C=O) groups excluding carboxylic acids is 1. The van der Waals surface area contributed by atoms with E-state index in [0.29, 0.717) is 10.6 Å². The standard InChI is InChI=1S/C24H32N2O3S/c25-14-18-17-9-7-5-3-1-2-4-6-8-10-19(17)30-23(18)26-22(27)20-15-11-12-16(13-15)21(20)24(28)29/h15-16,20-21H,1-13H2,(H,26,27)(H,28,29)/t15-,16-,20-,21-/m0/s1. The molecule has 0 aromatic carbocycles. The Bertz CT molecular complexity index is 840. The molecule has 0 spiro atoms. The fraction of sp³-hybridized carbons (Fsp3) is 0.708. The summed E-state index contributed by atoms with van der Waals surface area (Å²) in [5, 5.41) is 23.2. The number of aryl methyl sites for hydroxylation is 1. The van der Waals surface area contributed by atoms with Crippen molar-refractivity contribution in [2.24, 2.45) is 23.7 Å². The molecule has 2 fully saturated rings. The lowest BCUT2D eigenvalue weighted by molar-refractivity contribution is -0.148. The zero-order valence-corrected chi connectivity index (χ0v) is 18.4. The number of thiophene rings is 1. The highest BCUT2D eigenvalue weighted by Crippen LogP contribution is 2.53. The fourth-order valence-electron chi connectivity index (χ4n) is 6.05. The number of hydrogen-bond donors (Lipinski definition) is 2. The Morgan fingerprint density at radius 1 is 0.933 bits per heavy atom. The van der Waals surface area contributed by atoms with Crippen LogP contribution in [0.3, 0.4) is 0 Å². The van der Waals surface area contributed by atoms with E-state index < -0.39 is 17.8 Å². The lowest BCUT2D eigenvalue weighted by Gasteiger charge is -2.26. The molecule has 2 N–H and O–H groups in total. The summed E-state index contributed by atoms with van der Waals surface area (Å²) in [4.78, 5) is 26.2. The lowest BCUT2D eigenvalue weighted by atomic mass is 9.79.